The fourth-order valence-electron chi connectivity index (χ4n) is 3.25. The van der Waals surface area contributed by atoms with E-state index in [1.807, 2.05) is 29.3 Å². The molecule has 1 aliphatic rings. The zero-order valence-corrected chi connectivity index (χ0v) is 15.5. The van der Waals surface area contributed by atoms with Crippen molar-refractivity contribution in [3.63, 3.8) is 0 Å². The number of halogens is 1. The van der Waals surface area contributed by atoms with Crippen molar-refractivity contribution in [1.29, 1.82) is 0 Å². The van der Waals surface area contributed by atoms with Crippen LogP contribution < -0.4 is 5.32 Å². The highest BCUT2D eigenvalue weighted by atomic mass is 35.5. The number of pyridine rings is 1. The second kappa shape index (κ2) is 8.97. The third-order valence-corrected chi connectivity index (χ3v) is 4.72. The lowest BCUT2D eigenvalue weighted by atomic mass is 9.99. The summed E-state index contributed by atoms with van der Waals surface area (Å²) in [6, 6.07) is 5.66. The van der Waals surface area contributed by atoms with E-state index in [4.69, 9.17) is 4.52 Å². The molecule has 1 fully saturated rings. The summed E-state index contributed by atoms with van der Waals surface area (Å²) >= 11 is 0. The Hall–Kier alpha value is -1.92. The number of piperazine rings is 1. The first-order valence-electron chi connectivity index (χ1n) is 8.62. The van der Waals surface area contributed by atoms with Crippen LogP contribution in [0.5, 0.6) is 0 Å². The third kappa shape index (κ3) is 4.19. The Balaban J connectivity index is 0.00000225. The molecule has 7 heteroatoms. The normalized spacial score (nSPS) is 17.4. The molecule has 1 unspecified atom stereocenters. The Kier molecular flexibility index (Phi) is 6.96. The summed E-state index contributed by atoms with van der Waals surface area (Å²) in [6.07, 6.45) is 5.53. The van der Waals surface area contributed by atoms with Crippen LogP contribution in [0.1, 0.15) is 60.5 Å². The van der Waals surface area contributed by atoms with Gasteiger partial charge in [-0.25, -0.2) is 0 Å². The molecule has 6 nitrogen and oxygen atoms in total. The highest BCUT2D eigenvalue weighted by Crippen LogP contribution is 2.26. The molecule has 0 spiro atoms. The number of carbonyl (C=O) groups is 1. The summed E-state index contributed by atoms with van der Waals surface area (Å²) in [7, 11) is 0. The maximum Gasteiger partial charge on any atom is 0.293 e. The molecule has 2 aromatic heterocycles. The second-order valence-corrected chi connectivity index (χ2v) is 6.13. The van der Waals surface area contributed by atoms with Gasteiger partial charge in [0, 0.05) is 44.0 Å². The molecule has 1 amide bonds. The van der Waals surface area contributed by atoms with E-state index in [1.165, 1.54) is 0 Å². The van der Waals surface area contributed by atoms with Gasteiger partial charge < -0.3 is 14.7 Å². The van der Waals surface area contributed by atoms with Crippen molar-refractivity contribution in [2.45, 2.75) is 38.6 Å². The first kappa shape index (κ1) is 19.4. The minimum atomic E-state index is -0.102. The Labute approximate surface area is 154 Å². The lowest BCUT2D eigenvalue weighted by Crippen LogP contribution is -2.48. The highest BCUT2D eigenvalue weighted by Gasteiger charge is 2.31. The Morgan fingerprint density at radius 1 is 1.44 bits per heavy atom. The third-order valence-electron chi connectivity index (χ3n) is 4.72. The van der Waals surface area contributed by atoms with Gasteiger partial charge in [-0.3, -0.25) is 9.78 Å². The van der Waals surface area contributed by atoms with E-state index < -0.39 is 0 Å². The molecule has 3 heterocycles. The van der Waals surface area contributed by atoms with E-state index in [9.17, 15) is 4.79 Å². The number of nitrogens with zero attached hydrogens (tertiary/aromatic N) is 3. The van der Waals surface area contributed by atoms with Gasteiger partial charge in [0.05, 0.1) is 11.7 Å². The van der Waals surface area contributed by atoms with E-state index in [0.29, 0.717) is 24.8 Å². The zero-order valence-electron chi connectivity index (χ0n) is 14.6. The summed E-state index contributed by atoms with van der Waals surface area (Å²) in [5.74, 6) is 0.565. The van der Waals surface area contributed by atoms with Gasteiger partial charge in [-0.05, 0) is 24.5 Å². The molecule has 2 aromatic rings. The first-order valence-corrected chi connectivity index (χ1v) is 8.62. The predicted molar refractivity (Wildman–Crippen MR) is 98.0 cm³/mol. The summed E-state index contributed by atoms with van der Waals surface area (Å²) in [4.78, 5) is 19.0. The van der Waals surface area contributed by atoms with Gasteiger partial charge >= 0.3 is 0 Å². The molecule has 0 saturated carbocycles. The minimum absolute atomic E-state index is 0. The molecule has 0 aliphatic carbocycles. The van der Waals surface area contributed by atoms with Gasteiger partial charge in [0.15, 0.2) is 0 Å². The molecule has 136 valence electrons. The number of nitrogens with one attached hydrogen (secondary N) is 1. The van der Waals surface area contributed by atoms with Gasteiger partial charge in [0.2, 0.25) is 5.76 Å². The van der Waals surface area contributed by atoms with Crippen LogP contribution in [0, 0.1) is 0 Å². The van der Waals surface area contributed by atoms with Crippen molar-refractivity contribution < 1.29 is 9.32 Å². The van der Waals surface area contributed by atoms with E-state index in [1.54, 1.807) is 6.20 Å². The molecule has 1 aliphatic heterocycles. The molecular weight excluding hydrogens is 340 g/mol. The van der Waals surface area contributed by atoms with Crippen molar-refractivity contribution in [3.05, 3.63) is 47.6 Å². The van der Waals surface area contributed by atoms with Crippen LogP contribution in [0.15, 0.2) is 35.1 Å². The average Bonchev–Trinajstić information content (AvgIpc) is 3.13. The maximum atomic E-state index is 12.9. The summed E-state index contributed by atoms with van der Waals surface area (Å²) in [5, 5.41) is 7.46. The molecular formula is C18H25ClN4O2. The number of aromatic nitrogens is 2. The molecule has 25 heavy (non-hydrogen) atoms. The Morgan fingerprint density at radius 2 is 2.24 bits per heavy atom. The SMILES string of the molecule is CCC(CC)c1cc(C(=O)N2CCNCC2c2cccnc2)on1.Cl. The largest absolute Gasteiger partial charge is 0.351 e. The fraction of sp³-hybridized carbons (Fsp3) is 0.500. The van der Waals surface area contributed by atoms with Crippen LogP contribution in [0.4, 0.5) is 0 Å². The topological polar surface area (TPSA) is 71.3 Å². The molecule has 0 bridgehead atoms. The lowest BCUT2D eigenvalue weighted by Gasteiger charge is -2.35. The Bertz CT molecular complexity index is 673. The zero-order chi connectivity index (χ0) is 16.9. The predicted octanol–water partition coefficient (Wildman–Crippen LogP) is 3.18. The smallest absolute Gasteiger partial charge is 0.293 e. The van der Waals surface area contributed by atoms with Crippen LogP contribution in [0.25, 0.3) is 0 Å². The fourth-order valence-corrected chi connectivity index (χ4v) is 3.25. The summed E-state index contributed by atoms with van der Waals surface area (Å²) in [6.45, 7) is 6.37. The number of hydrogen-bond donors (Lipinski definition) is 1. The number of carbonyl (C=O) groups excluding carboxylic acids is 1. The van der Waals surface area contributed by atoms with E-state index in [-0.39, 0.29) is 24.4 Å². The van der Waals surface area contributed by atoms with Crippen LogP contribution in [0.2, 0.25) is 0 Å². The van der Waals surface area contributed by atoms with Gasteiger partial charge in [-0.2, -0.15) is 0 Å². The van der Waals surface area contributed by atoms with Crippen molar-refractivity contribution in [3.8, 4) is 0 Å². The summed E-state index contributed by atoms with van der Waals surface area (Å²) in [5.41, 5.74) is 1.90. The molecule has 3 rings (SSSR count). The molecule has 1 N–H and O–H groups in total. The van der Waals surface area contributed by atoms with E-state index in [2.05, 4.69) is 29.3 Å². The van der Waals surface area contributed by atoms with Gasteiger partial charge in [0.25, 0.3) is 5.91 Å². The number of hydrogen-bond acceptors (Lipinski definition) is 5. The minimum Gasteiger partial charge on any atom is -0.351 e. The van der Waals surface area contributed by atoms with Crippen LogP contribution >= 0.6 is 12.4 Å². The molecule has 0 aromatic carbocycles. The highest BCUT2D eigenvalue weighted by molar-refractivity contribution is 5.92. The molecule has 0 radical (unpaired) electrons. The molecule has 1 atom stereocenters. The molecule has 1 saturated heterocycles. The summed E-state index contributed by atoms with van der Waals surface area (Å²) < 4.78 is 5.37. The van der Waals surface area contributed by atoms with Crippen LogP contribution in [-0.4, -0.2) is 40.6 Å². The van der Waals surface area contributed by atoms with Crippen molar-refractivity contribution >= 4 is 18.3 Å². The van der Waals surface area contributed by atoms with Gasteiger partial charge in [0.1, 0.15) is 0 Å². The van der Waals surface area contributed by atoms with Crippen molar-refractivity contribution in [2.24, 2.45) is 0 Å². The number of amides is 1. The van der Waals surface area contributed by atoms with Gasteiger partial charge in [-0.1, -0.05) is 25.1 Å². The first-order chi connectivity index (χ1) is 11.7. The monoisotopic (exact) mass is 364 g/mol. The van der Waals surface area contributed by atoms with E-state index in [0.717, 1.165) is 30.6 Å². The van der Waals surface area contributed by atoms with Crippen LogP contribution in [-0.2, 0) is 0 Å². The van der Waals surface area contributed by atoms with Crippen LogP contribution in [0.3, 0.4) is 0 Å². The van der Waals surface area contributed by atoms with Gasteiger partial charge in [-0.15, -0.1) is 12.4 Å². The average molecular weight is 365 g/mol. The lowest BCUT2D eigenvalue weighted by molar-refractivity contribution is 0.0591. The quantitative estimate of drug-likeness (QED) is 0.882. The Morgan fingerprint density at radius 3 is 2.92 bits per heavy atom. The number of rotatable bonds is 5. The van der Waals surface area contributed by atoms with E-state index >= 15 is 0 Å². The van der Waals surface area contributed by atoms with Crippen molar-refractivity contribution in [2.75, 3.05) is 19.6 Å². The maximum absolute atomic E-state index is 12.9. The second-order valence-electron chi connectivity index (χ2n) is 6.13. The van der Waals surface area contributed by atoms with Crippen molar-refractivity contribution in [1.82, 2.24) is 20.4 Å². The standard InChI is InChI=1S/C18H24N4O2.ClH/c1-3-13(4-2)15-10-17(24-21-15)18(23)22-9-8-20-12-16(22)14-6-5-7-19-11-14;/h5-7,10-11,13,16,20H,3-4,8-9,12H2,1-2H3;1H.